The van der Waals surface area contributed by atoms with Gasteiger partial charge in [-0.15, -0.1) is 0 Å². The van der Waals surface area contributed by atoms with Crippen LogP contribution in [0.2, 0.25) is 5.02 Å². The number of carbonyl (C=O) groups excluding carboxylic acids is 2. The summed E-state index contributed by atoms with van der Waals surface area (Å²) in [6, 6.07) is 16.7. The predicted octanol–water partition coefficient (Wildman–Crippen LogP) is 6.07. The van der Waals surface area contributed by atoms with Crippen molar-refractivity contribution in [3.63, 3.8) is 0 Å². The fraction of sp³-hybridized carbons (Fsp3) is 0.115. The minimum atomic E-state index is -0.620. The molecule has 35 heavy (non-hydrogen) atoms. The van der Waals surface area contributed by atoms with Gasteiger partial charge < -0.3 is 18.9 Å². The quantitative estimate of drug-likeness (QED) is 0.199. The van der Waals surface area contributed by atoms with Crippen molar-refractivity contribution >= 4 is 51.4 Å². The topological polar surface area (TPSA) is 83.4 Å². The van der Waals surface area contributed by atoms with E-state index in [1.54, 1.807) is 66.7 Å². The van der Waals surface area contributed by atoms with Gasteiger partial charge in [0.15, 0.2) is 17.2 Å². The highest BCUT2D eigenvalue weighted by molar-refractivity contribution is 9.10. The van der Waals surface area contributed by atoms with Crippen LogP contribution < -0.4 is 14.2 Å². The van der Waals surface area contributed by atoms with Gasteiger partial charge in [-0.1, -0.05) is 33.6 Å². The molecular weight excluding hydrogens is 538 g/mol. The molecule has 0 aliphatic carbocycles. The summed E-state index contributed by atoms with van der Waals surface area (Å²) in [5.74, 6) is 0.0194. The molecule has 3 aromatic carbocycles. The van der Waals surface area contributed by atoms with Crippen LogP contribution in [0.5, 0.6) is 17.2 Å². The maximum absolute atomic E-state index is 12.5. The molecule has 0 amide bonds. The Morgan fingerprint density at radius 1 is 1.06 bits per heavy atom. The highest BCUT2D eigenvalue weighted by atomic mass is 79.9. The van der Waals surface area contributed by atoms with E-state index in [2.05, 4.69) is 20.9 Å². The molecule has 4 rings (SSSR count). The summed E-state index contributed by atoms with van der Waals surface area (Å²) in [5, 5.41) is 0.451. The molecule has 178 valence electrons. The molecule has 0 aromatic heterocycles. The van der Waals surface area contributed by atoms with Crippen molar-refractivity contribution in [3.05, 3.63) is 92.5 Å². The van der Waals surface area contributed by atoms with Gasteiger partial charge in [0.1, 0.15) is 5.75 Å². The average Bonchev–Trinajstić information content (AvgIpc) is 3.21. The summed E-state index contributed by atoms with van der Waals surface area (Å²) < 4.78 is 22.7. The van der Waals surface area contributed by atoms with Crippen LogP contribution >= 0.6 is 27.5 Å². The molecule has 1 aliphatic rings. The minimum Gasteiger partial charge on any atom is -0.496 e. The lowest BCUT2D eigenvalue weighted by molar-refractivity contribution is -0.129. The van der Waals surface area contributed by atoms with Crippen LogP contribution in [0.25, 0.3) is 6.08 Å². The fourth-order valence-corrected chi connectivity index (χ4v) is 3.68. The molecule has 9 heteroatoms. The molecular formula is C26H19BrClNO6. The largest absolute Gasteiger partial charge is 0.496 e. The summed E-state index contributed by atoms with van der Waals surface area (Å²) in [6.07, 6.45) is 1.55. The summed E-state index contributed by atoms with van der Waals surface area (Å²) >= 11 is 9.42. The maximum Gasteiger partial charge on any atom is 0.363 e. The number of benzene rings is 3. The van der Waals surface area contributed by atoms with Crippen molar-refractivity contribution in [2.24, 2.45) is 4.99 Å². The second kappa shape index (κ2) is 10.8. The number of cyclic esters (lactones) is 1. The third-order valence-electron chi connectivity index (χ3n) is 4.87. The Hall–Kier alpha value is -3.62. The lowest BCUT2D eigenvalue weighted by Gasteiger charge is -2.11. The van der Waals surface area contributed by atoms with Crippen molar-refractivity contribution in [1.29, 1.82) is 0 Å². The van der Waals surface area contributed by atoms with E-state index >= 15 is 0 Å². The van der Waals surface area contributed by atoms with E-state index in [0.717, 1.165) is 4.47 Å². The first-order valence-electron chi connectivity index (χ1n) is 10.5. The van der Waals surface area contributed by atoms with E-state index < -0.39 is 11.9 Å². The molecule has 0 atom stereocenters. The number of carbonyl (C=O) groups is 2. The van der Waals surface area contributed by atoms with Crippen molar-refractivity contribution < 1.29 is 28.5 Å². The first kappa shape index (κ1) is 24.5. The zero-order valence-corrected chi connectivity index (χ0v) is 21.1. The number of ether oxygens (including phenoxy) is 4. The number of aliphatic imine (C=N–C) groups is 1. The molecule has 0 radical (unpaired) electrons. The normalized spacial score (nSPS) is 13.9. The molecule has 1 aliphatic heterocycles. The Balaban J connectivity index is 1.61. The molecule has 0 unspecified atom stereocenters. The van der Waals surface area contributed by atoms with E-state index in [0.29, 0.717) is 39.8 Å². The summed E-state index contributed by atoms with van der Waals surface area (Å²) in [5.41, 5.74) is 1.55. The Bertz CT molecular complexity index is 1350. The monoisotopic (exact) mass is 555 g/mol. The van der Waals surface area contributed by atoms with Gasteiger partial charge in [-0.3, -0.25) is 0 Å². The summed E-state index contributed by atoms with van der Waals surface area (Å²) in [6.45, 7) is 2.16. The molecule has 0 spiro atoms. The maximum atomic E-state index is 12.5. The Morgan fingerprint density at radius 2 is 1.80 bits per heavy atom. The van der Waals surface area contributed by atoms with Crippen LogP contribution in [0.3, 0.4) is 0 Å². The van der Waals surface area contributed by atoms with Crippen molar-refractivity contribution in [1.82, 2.24) is 0 Å². The lowest BCUT2D eigenvalue weighted by atomic mass is 10.1. The Morgan fingerprint density at radius 3 is 2.51 bits per heavy atom. The number of esters is 2. The SMILES string of the molecule is CCOc1cc(/C=C2/N=C(c3cc(Cl)ccc3OC)OC2=O)ccc1OC(=O)c1ccc(Br)cc1. The first-order chi connectivity index (χ1) is 16.9. The molecule has 7 nitrogen and oxygen atoms in total. The van der Waals surface area contributed by atoms with Crippen LogP contribution in [-0.4, -0.2) is 31.6 Å². The van der Waals surface area contributed by atoms with Gasteiger partial charge in [-0.25, -0.2) is 14.6 Å². The number of halogens is 2. The molecule has 0 saturated carbocycles. The van der Waals surface area contributed by atoms with Crippen molar-refractivity contribution in [3.8, 4) is 17.2 Å². The zero-order valence-electron chi connectivity index (χ0n) is 18.7. The molecule has 0 bridgehead atoms. The second-order valence-electron chi connectivity index (χ2n) is 7.22. The van der Waals surface area contributed by atoms with E-state index in [9.17, 15) is 9.59 Å². The third kappa shape index (κ3) is 5.72. The van der Waals surface area contributed by atoms with E-state index in [-0.39, 0.29) is 17.3 Å². The van der Waals surface area contributed by atoms with Crippen LogP contribution in [0.15, 0.2) is 75.8 Å². The fourth-order valence-electron chi connectivity index (χ4n) is 3.24. The van der Waals surface area contributed by atoms with E-state index in [1.165, 1.54) is 7.11 Å². The minimum absolute atomic E-state index is 0.0871. The van der Waals surface area contributed by atoms with Crippen LogP contribution in [0.1, 0.15) is 28.4 Å². The average molecular weight is 557 g/mol. The van der Waals surface area contributed by atoms with Gasteiger partial charge in [-0.05, 0) is 73.2 Å². The standard InChI is InChI=1S/C26H19BrClNO6/c1-3-33-23-13-15(4-10-22(23)34-25(30)16-5-7-17(27)8-6-16)12-20-26(31)35-24(29-20)19-14-18(28)9-11-21(19)32-2/h4-14H,3H2,1-2H3/b20-12+. The van der Waals surface area contributed by atoms with Crippen molar-refractivity contribution in [2.45, 2.75) is 6.92 Å². The van der Waals surface area contributed by atoms with Crippen LogP contribution in [0.4, 0.5) is 0 Å². The molecule has 0 N–H and O–H groups in total. The van der Waals surface area contributed by atoms with Gasteiger partial charge in [0.05, 0.1) is 24.8 Å². The van der Waals surface area contributed by atoms with Gasteiger partial charge in [0.25, 0.3) is 0 Å². The Labute approximate surface area is 215 Å². The molecule has 1 heterocycles. The number of hydrogen-bond donors (Lipinski definition) is 0. The summed E-state index contributed by atoms with van der Waals surface area (Å²) in [4.78, 5) is 29.3. The van der Waals surface area contributed by atoms with E-state index in [4.69, 9.17) is 30.5 Å². The number of methoxy groups -OCH3 is 1. The first-order valence-corrected chi connectivity index (χ1v) is 11.7. The molecule has 3 aromatic rings. The second-order valence-corrected chi connectivity index (χ2v) is 8.57. The predicted molar refractivity (Wildman–Crippen MR) is 135 cm³/mol. The Kier molecular flexibility index (Phi) is 7.53. The number of rotatable bonds is 7. The number of hydrogen-bond acceptors (Lipinski definition) is 7. The van der Waals surface area contributed by atoms with Gasteiger partial charge in [-0.2, -0.15) is 0 Å². The van der Waals surface area contributed by atoms with Crippen LogP contribution in [-0.2, 0) is 9.53 Å². The van der Waals surface area contributed by atoms with Gasteiger partial charge in [0.2, 0.25) is 5.90 Å². The molecule has 0 fully saturated rings. The van der Waals surface area contributed by atoms with Crippen molar-refractivity contribution in [2.75, 3.05) is 13.7 Å². The molecule has 0 saturated heterocycles. The van der Waals surface area contributed by atoms with Crippen LogP contribution in [0, 0.1) is 0 Å². The highest BCUT2D eigenvalue weighted by Crippen LogP contribution is 2.32. The zero-order chi connectivity index (χ0) is 24.9. The summed E-state index contributed by atoms with van der Waals surface area (Å²) in [7, 11) is 1.50. The highest BCUT2D eigenvalue weighted by Gasteiger charge is 2.27. The smallest absolute Gasteiger partial charge is 0.363 e. The third-order valence-corrected chi connectivity index (χ3v) is 5.63. The van der Waals surface area contributed by atoms with E-state index in [1.807, 2.05) is 6.92 Å². The number of nitrogens with zero attached hydrogens (tertiary/aromatic N) is 1. The van der Waals surface area contributed by atoms with Gasteiger partial charge >= 0.3 is 11.9 Å². The van der Waals surface area contributed by atoms with Gasteiger partial charge in [0, 0.05) is 9.50 Å². The lowest BCUT2D eigenvalue weighted by Crippen LogP contribution is -2.09.